The van der Waals surface area contributed by atoms with Gasteiger partial charge in [-0.25, -0.2) is 4.79 Å². The van der Waals surface area contributed by atoms with E-state index in [9.17, 15) is 14.9 Å². The average molecular weight is 263 g/mol. The lowest BCUT2D eigenvalue weighted by atomic mass is 10.2. The van der Waals surface area contributed by atoms with Crippen molar-refractivity contribution >= 4 is 11.7 Å². The van der Waals surface area contributed by atoms with E-state index >= 15 is 0 Å². The van der Waals surface area contributed by atoms with E-state index in [-0.39, 0.29) is 11.3 Å². The number of aromatic nitrogens is 2. The lowest BCUT2D eigenvalue weighted by Gasteiger charge is -2.04. The lowest BCUT2D eigenvalue weighted by Crippen LogP contribution is -1.99. The highest BCUT2D eigenvalue weighted by atomic mass is 16.6. The molecule has 19 heavy (non-hydrogen) atoms. The number of nitro groups is 1. The first-order valence-corrected chi connectivity index (χ1v) is 5.15. The van der Waals surface area contributed by atoms with Crippen LogP contribution >= 0.6 is 0 Å². The third kappa shape index (κ3) is 2.68. The van der Waals surface area contributed by atoms with Gasteiger partial charge in [0.25, 0.3) is 0 Å². The van der Waals surface area contributed by atoms with Crippen LogP contribution in [0.5, 0.6) is 11.5 Å². The van der Waals surface area contributed by atoms with Crippen LogP contribution in [-0.2, 0) is 7.05 Å². The van der Waals surface area contributed by atoms with Gasteiger partial charge in [0, 0.05) is 13.1 Å². The molecule has 0 saturated carbocycles. The van der Waals surface area contributed by atoms with Gasteiger partial charge in [0.15, 0.2) is 5.75 Å². The van der Waals surface area contributed by atoms with E-state index in [0.29, 0.717) is 5.75 Å². The first-order chi connectivity index (χ1) is 8.97. The summed E-state index contributed by atoms with van der Waals surface area (Å²) in [6, 6.07) is 3.43. The molecule has 0 unspecified atom stereocenters. The van der Waals surface area contributed by atoms with Crippen molar-refractivity contribution in [3.63, 3.8) is 0 Å². The van der Waals surface area contributed by atoms with Gasteiger partial charge in [0.2, 0.25) is 5.75 Å². The fraction of sp³-hybridized carbons (Fsp3) is 0.0909. The quantitative estimate of drug-likeness (QED) is 0.665. The molecule has 0 amide bonds. The number of carbonyl (C=O) groups is 1. The molecular formula is C11H9N3O5. The predicted octanol–water partition coefficient (Wildman–Crippen LogP) is 1.82. The van der Waals surface area contributed by atoms with E-state index in [1.165, 1.54) is 29.2 Å². The van der Waals surface area contributed by atoms with Crippen LogP contribution in [0, 0.1) is 10.1 Å². The van der Waals surface area contributed by atoms with Crippen LogP contribution in [0.4, 0.5) is 5.69 Å². The van der Waals surface area contributed by atoms with Gasteiger partial charge in [-0.2, -0.15) is 5.10 Å². The maximum atomic E-state index is 10.9. The van der Waals surface area contributed by atoms with Gasteiger partial charge in [-0.3, -0.25) is 14.8 Å². The summed E-state index contributed by atoms with van der Waals surface area (Å²) in [6.45, 7) is 0. The van der Waals surface area contributed by atoms with E-state index < -0.39 is 16.6 Å². The topological polar surface area (TPSA) is 107 Å². The summed E-state index contributed by atoms with van der Waals surface area (Å²) in [5.74, 6) is -0.951. The van der Waals surface area contributed by atoms with Crippen LogP contribution < -0.4 is 4.74 Å². The summed E-state index contributed by atoms with van der Waals surface area (Å²) in [5, 5.41) is 23.6. The second-order valence-electron chi connectivity index (χ2n) is 3.70. The number of aryl methyl sites for hydroxylation is 1. The van der Waals surface area contributed by atoms with Crippen molar-refractivity contribution in [2.45, 2.75) is 0 Å². The molecule has 0 aliphatic rings. The average Bonchev–Trinajstić information content (AvgIpc) is 2.74. The molecule has 0 saturated heterocycles. The van der Waals surface area contributed by atoms with Gasteiger partial charge in [0.1, 0.15) is 0 Å². The molecule has 0 atom stereocenters. The third-order valence-electron chi connectivity index (χ3n) is 2.31. The van der Waals surface area contributed by atoms with Gasteiger partial charge in [-0.05, 0) is 12.1 Å². The first-order valence-electron chi connectivity index (χ1n) is 5.15. The van der Waals surface area contributed by atoms with Gasteiger partial charge < -0.3 is 9.84 Å². The Bertz CT molecular complexity index is 650. The molecule has 1 N–H and O–H groups in total. The lowest BCUT2D eigenvalue weighted by molar-refractivity contribution is -0.385. The first kappa shape index (κ1) is 12.6. The Labute approximate surface area is 107 Å². The minimum absolute atomic E-state index is 0.0389. The Kier molecular flexibility index (Phi) is 3.15. The highest BCUT2D eigenvalue weighted by molar-refractivity contribution is 5.88. The Morgan fingerprint density at radius 2 is 2.26 bits per heavy atom. The molecule has 0 aliphatic heterocycles. The summed E-state index contributed by atoms with van der Waals surface area (Å²) in [5.41, 5.74) is -0.589. The van der Waals surface area contributed by atoms with Crippen LogP contribution in [0.15, 0.2) is 30.6 Å². The Balaban J connectivity index is 2.39. The largest absolute Gasteiger partial charge is 0.478 e. The van der Waals surface area contributed by atoms with E-state index in [0.717, 1.165) is 6.07 Å². The number of carboxylic acids is 1. The number of nitro benzene ring substituents is 1. The van der Waals surface area contributed by atoms with Crippen LogP contribution in [0.25, 0.3) is 0 Å². The minimum Gasteiger partial charge on any atom is -0.478 e. The van der Waals surface area contributed by atoms with Crippen molar-refractivity contribution in [2.75, 3.05) is 0 Å². The van der Waals surface area contributed by atoms with Crippen molar-refractivity contribution in [3.8, 4) is 11.5 Å². The van der Waals surface area contributed by atoms with Crippen LogP contribution in [0.1, 0.15) is 10.4 Å². The molecule has 8 heteroatoms. The number of benzene rings is 1. The van der Waals surface area contributed by atoms with Gasteiger partial charge in [0.05, 0.1) is 22.9 Å². The number of nitrogens with zero attached hydrogens (tertiary/aromatic N) is 3. The van der Waals surface area contributed by atoms with Crippen molar-refractivity contribution in [1.82, 2.24) is 9.78 Å². The van der Waals surface area contributed by atoms with Crippen molar-refractivity contribution in [3.05, 3.63) is 46.3 Å². The monoisotopic (exact) mass is 263 g/mol. The second-order valence-corrected chi connectivity index (χ2v) is 3.70. The zero-order valence-corrected chi connectivity index (χ0v) is 9.81. The van der Waals surface area contributed by atoms with E-state index in [1.54, 1.807) is 7.05 Å². The summed E-state index contributed by atoms with van der Waals surface area (Å²) >= 11 is 0. The van der Waals surface area contributed by atoms with Crippen LogP contribution in [-0.4, -0.2) is 25.8 Å². The zero-order chi connectivity index (χ0) is 14.0. The van der Waals surface area contributed by atoms with Gasteiger partial charge in [-0.1, -0.05) is 0 Å². The molecule has 0 fully saturated rings. The summed E-state index contributed by atoms with van der Waals surface area (Å²) in [7, 11) is 1.68. The standard InChI is InChI=1S/C11H9N3O5/c1-13-6-8(5-12-13)19-10-3-2-7(11(15)16)4-9(10)14(17)18/h2-6H,1H3,(H,15,16). The molecule has 0 spiro atoms. The molecule has 0 aliphatic carbocycles. The van der Waals surface area contributed by atoms with Crippen molar-refractivity contribution in [2.24, 2.45) is 7.05 Å². The normalized spacial score (nSPS) is 10.2. The maximum Gasteiger partial charge on any atom is 0.335 e. The highest BCUT2D eigenvalue weighted by Crippen LogP contribution is 2.31. The fourth-order valence-electron chi connectivity index (χ4n) is 1.46. The molecule has 0 bridgehead atoms. The number of aromatic carboxylic acids is 1. The third-order valence-corrected chi connectivity index (χ3v) is 2.31. The molecule has 2 aromatic rings. The summed E-state index contributed by atoms with van der Waals surface area (Å²) in [6.07, 6.45) is 2.93. The number of carboxylic acid groups (broad SMARTS) is 1. The number of hydrogen-bond acceptors (Lipinski definition) is 5. The number of rotatable bonds is 4. The van der Waals surface area contributed by atoms with Crippen LogP contribution in [0.2, 0.25) is 0 Å². The number of hydrogen-bond donors (Lipinski definition) is 1. The fourth-order valence-corrected chi connectivity index (χ4v) is 1.46. The Morgan fingerprint density at radius 1 is 1.53 bits per heavy atom. The zero-order valence-electron chi connectivity index (χ0n) is 9.81. The Morgan fingerprint density at radius 3 is 2.79 bits per heavy atom. The summed E-state index contributed by atoms with van der Waals surface area (Å²) in [4.78, 5) is 21.0. The maximum absolute atomic E-state index is 10.9. The SMILES string of the molecule is Cn1cc(Oc2ccc(C(=O)O)cc2[N+](=O)[O-])cn1. The van der Waals surface area contributed by atoms with E-state index in [1.807, 2.05) is 0 Å². The highest BCUT2D eigenvalue weighted by Gasteiger charge is 2.19. The predicted molar refractivity (Wildman–Crippen MR) is 63.3 cm³/mol. The molecule has 1 heterocycles. The van der Waals surface area contributed by atoms with E-state index in [2.05, 4.69) is 5.10 Å². The van der Waals surface area contributed by atoms with Crippen molar-refractivity contribution < 1.29 is 19.6 Å². The van der Waals surface area contributed by atoms with Gasteiger partial charge in [-0.15, -0.1) is 0 Å². The second kappa shape index (κ2) is 4.77. The smallest absolute Gasteiger partial charge is 0.335 e. The summed E-state index contributed by atoms with van der Waals surface area (Å²) < 4.78 is 6.79. The molecular weight excluding hydrogens is 254 g/mol. The van der Waals surface area contributed by atoms with Crippen LogP contribution in [0.3, 0.4) is 0 Å². The molecule has 1 aromatic carbocycles. The molecule has 8 nitrogen and oxygen atoms in total. The number of ether oxygens (including phenoxy) is 1. The van der Waals surface area contributed by atoms with Crippen molar-refractivity contribution in [1.29, 1.82) is 0 Å². The van der Waals surface area contributed by atoms with Gasteiger partial charge >= 0.3 is 11.7 Å². The molecule has 2 rings (SSSR count). The molecule has 1 aromatic heterocycles. The van der Waals surface area contributed by atoms with E-state index in [4.69, 9.17) is 9.84 Å². The Hall–Kier alpha value is -2.90. The molecule has 98 valence electrons. The minimum atomic E-state index is -1.24. The molecule has 0 radical (unpaired) electrons.